The van der Waals surface area contributed by atoms with E-state index in [0.29, 0.717) is 27.0 Å². The van der Waals surface area contributed by atoms with Gasteiger partial charge >= 0.3 is 5.97 Å². The van der Waals surface area contributed by atoms with Crippen molar-refractivity contribution in [2.75, 3.05) is 6.61 Å². The summed E-state index contributed by atoms with van der Waals surface area (Å²) >= 11 is 12.7. The van der Waals surface area contributed by atoms with Crippen LogP contribution >= 0.6 is 23.2 Å². The number of ketones is 1. The third kappa shape index (κ3) is 3.80. The number of aliphatic imine (C=N–C) groups is 1. The zero-order chi connectivity index (χ0) is 19.4. The summed E-state index contributed by atoms with van der Waals surface area (Å²) < 4.78 is 5.18. The lowest BCUT2D eigenvalue weighted by Crippen LogP contribution is -2.36. The van der Waals surface area contributed by atoms with Gasteiger partial charge in [0, 0.05) is 32.9 Å². The Morgan fingerprint density at radius 2 is 1.88 bits per heavy atom. The zero-order valence-corrected chi connectivity index (χ0v) is 16.0. The molecule has 136 valence electrons. The smallest absolute Gasteiger partial charge is 0.315 e. The fourth-order valence-corrected chi connectivity index (χ4v) is 3.78. The molecule has 0 spiro atoms. The standard InChI is InChI=1S/C19H17Cl2NO4/c1-4-26-19(25)16-11(3)22-10(2)15(14(24)8-9-23)18(16)17-12(20)6-5-7-13(17)21/h5-8,16,18H,4H2,1-3H3. The zero-order valence-electron chi connectivity index (χ0n) is 14.5. The van der Waals surface area contributed by atoms with Crippen molar-refractivity contribution in [3.05, 3.63) is 51.2 Å². The number of nitrogens with zero attached hydrogens (tertiary/aromatic N) is 1. The number of hydrogen-bond donors (Lipinski definition) is 0. The first-order valence-corrected chi connectivity index (χ1v) is 8.70. The fourth-order valence-electron chi connectivity index (χ4n) is 3.15. The van der Waals surface area contributed by atoms with Gasteiger partial charge in [0.1, 0.15) is 11.9 Å². The van der Waals surface area contributed by atoms with E-state index in [9.17, 15) is 14.4 Å². The van der Waals surface area contributed by atoms with E-state index in [4.69, 9.17) is 27.9 Å². The second-order valence-electron chi connectivity index (χ2n) is 5.72. The summed E-state index contributed by atoms with van der Waals surface area (Å²) in [5.41, 5.74) is 1.46. The van der Waals surface area contributed by atoms with Gasteiger partial charge < -0.3 is 4.74 Å². The first kappa shape index (κ1) is 20.1. The number of carbonyl (C=O) groups excluding carboxylic acids is 3. The van der Waals surface area contributed by atoms with Crippen molar-refractivity contribution < 1.29 is 19.1 Å². The van der Waals surface area contributed by atoms with Gasteiger partial charge in [-0.25, -0.2) is 4.79 Å². The van der Waals surface area contributed by atoms with Crippen LogP contribution in [-0.2, 0) is 19.1 Å². The van der Waals surface area contributed by atoms with Gasteiger partial charge in [-0.15, -0.1) is 0 Å². The molecule has 0 saturated carbocycles. The van der Waals surface area contributed by atoms with E-state index in [0.717, 1.165) is 6.08 Å². The topological polar surface area (TPSA) is 72.8 Å². The van der Waals surface area contributed by atoms with Crippen molar-refractivity contribution in [3.8, 4) is 0 Å². The van der Waals surface area contributed by atoms with Crippen LogP contribution in [0.5, 0.6) is 0 Å². The molecule has 0 amide bonds. The van der Waals surface area contributed by atoms with Crippen molar-refractivity contribution in [1.29, 1.82) is 0 Å². The number of benzene rings is 1. The SMILES string of the molecule is CCOC(=O)C1C(C)=NC(C)=C(C(=O)C=C=O)C1c1c(Cl)cccc1Cl. The first-order chi connectivity index (χ1) is 12.3. The minimum atomic E-state index is -0.880. The van der Waals surface area contributed by atoms with Crippen LogP contribution in [0.4, 0.5) is 0 Å². The second-order valence-corrected chi connectivity index (χ2v) is 6.54. The maximum Gasteiger partial charge on any atom is 0.315 e. The summed E-state index contributed by atoms with van der Waals surface area (Å²) in [6, 6.07) is 4.92. The molecule has 5 nitrogen and oxygen atoms in total. The highest BCUT2D eigenvalue weighted by Crippen LogP contribution is 2.45. The van der Waals surface area contributed by atoms with Gasteiger partial charge in [-0.3, -0.25) is 14.6 Å². The van der Waals surface area contributed by atoms with E-state index in [1.54, 1.807) is 39.0 Å². The van der Waals surface area contributed by atoms with Crippen LogP contribution < -0.4 is 0 Å². The minimum absolute atomic E-state index is 0.172. The summed E-state index contributed by atoms with van der Waals surface area (Å²) in [6.07, 6.45) is 0.773. The van der Waals surface area contributed by atoms with Crippen LogP contribution in [0.2, 0.25) is 10.0 Å². The number of allylic oxidation sites excluding steroid dienone is 3. The van der Waals surface area contributed by atoms with Crippen molar-refractivity contribution in [2.24, 2.45) is 10.9 Å². The Bertz CT molecular complexity index is 846. The predicted octanol–water partition coefficient (Wildman–Crippen LogP) is 3.96. The Kier molecular flexibility index (Phi) is 6.54. The summed E-state index contributed by atoms with van der Waals surface area (Å²) in [4.78, 5) is 40.2. The number of carbonyl (C=O) groups is 2. The normalized spacial score (nSPS) is 19.5. The van der Waals surface area contributed by atoms with Gasteiger partial charge in [0.25, 0.3) is 0 Å². The Labute approximate surface area is 161 Å². The minimum Gasteiger partial charge on any atom is -0.465 e. The van der Waals surface area contributed by atoms with Crippen LogP contribution in [0.25, 0.3) is 0 Å². The van der Waals surface area contributed by atoms with Gasteiger partial charge in [0.05, 0.1) is 12.7 Å². The molecule has 2 atom stereocenters. The molecule has 1 aromatic rings. The molecule has 2 rings (SSSR count). The Morgan fingerprint density at radius 1 is 1.27 bits per heavy atom. The lowest BCUT2D eigenvalue weighted by atomic mass is 9.74. The number of rotatable bonds is 5. The van der Waals surface area contributed by atoms with Gasteiger partial charge in [-0.1, -0.05) is 29.3 Å². The average molecular weight is 394 g/mol. The van der Waals surface area contributed by atoms with Gasteiger partial charge in [0.2, 0.25) is 0 Å². The summed E-state index contributed by atoms with van der Waals surface area (Å²) in [7, 11) is 0. The quantitative estimate of drug-likeness (QED) is 0.431. The Balaban J connectivity index is 2.79. The number of halogens is 2. The van der Waals surface area contributed by atoms with Crippen molar-refractivity contribution in [2.45, 2.75) is 26.7 Å². The van der Waals surface area contributed by atoms with E-state index in [-0.39, 0.29) is 12.2 Å². The molecule has 1 aromatic carbocycles. The third-order valence-electron chi connectivity index (χ3n) is 4.13. The van der Waals surface area contributed by atoms with E-state index in [1.165, 1.54) is 5.94 Å². The van der Waals surface area contributed by atoms with Crippen molar-refractivity contribution in [3.63, 3.8) is 0 Å². The molecule has 0 radical (unpaired) electrons. The molecule has 2 unspecified atom stereocenters. The number of ether oxygens (including phenoxy) is 1. The molecular formula is C19H17Cl2NO4. The van der Waals surface area contributed by atoms with Crippen LogP contribution in [0.15, 0.2) is 40.5 Å². The van der Waals surface area contributed by atoms with Crippen molar-refractivity contribution in [1.82, 2.24) is 0 Å². The molecule has 0 bridgehead atoms. The Hall–Kier alpha value is -2.20. The third-order valence-corrected chi connectivity index (χ3v) is 4.79. The number of hydrogen-bond acceptors (Lipinski definition) is 5. The van der Waals surface area contributed by atoms with Crippen LogP contribution in [0, 0.1) is 5.92 Å². The lowest BCUT2D eigenvalue weighted by molar-refractivity contribution is -0.146. The molecule has 7 heteroatoms. The monoisotopic (exact) mass is 393 g/mol. The van der Waals surface area contributed by atoms with Crippen molar-refractivity contribution >= 4 is 46.6 Å². The molecular weight excluding hydrogens is 377 g/mol. The molecule has 0 fully saturated rings. The molecule has 26 heavy (non-hydrogen) atoms. The Morgan fingerprint density at radius 3 is 2.42 bits per heavy atom. The van der Waals surface area contributed by atoms with Crippen LogP contribution in [0.3, 0.4) is 0 Å². The van der Waals surface area contributed by atoms with Gasteiger partial charge in [-0.2, -0.15) is 0 Å². The summed E-state index contributed by atoms with van der Waals surface area (Å²) in [5, 5.41) is 0.611. The highest BCUT2D eigenvalue weighted by Gasteiger charge is 2.42. The van der Waals surface area contributed by atoms with E-state index >= 15 is 0 Å². The first-order valence-electron chi connectivity index (χ1n) is 7.95. The lowest BCUT2D eigenvalue weighted by Gasteiger charge is -2.32. The fraction of sp³-hybridized carbons (Fsp3) is 0.316. The highest BCUT2D eigenvalue weighted by molar-refractivity contribution is 6.36. The van der Waals surface area contributed by atoms with Gasteiger partial charge in [-0.05, 0) is 38.5 Å². The van der Waals surface area contributed by atoms with Crippen LogP contribution in [0.1, 0.15) is 32.3 Å². The molecule has 1 heterocycles. The molecule has 0 saturated heterocycles. The molecule has 0 aliphatic carbocycles. The molecule has 0 N–H and O–H groups in total. The van der Waals surface area contributed by atoms with E-state index in [2.05, 4.69) is 4.99 Å². The summed E-state index contributed by atoms with van der Waals surface area (Å²) in [6.45, 7) is 5.17. The number of esters is 1. The predicted molar refractivity (Wildman–Crippen MR) is 100 cm³/mol. The van der Waals surface area contributed by atoms with E-state index in [1.807, 2.05) is 0 Å². The van der Waals surface area contributed by atoms with E-state index < -0.39 is 23.6 Å². The van der Waals surface area contributed by atoms with Crippen LogP contribution in [-0.4, -0.2) is 30.0 Å². The largest absolute Gasteiger partial charge is 0.465 e. The maximum absolute atomic E-state index is 12.6. The second kappa shape index (κ2) is 8.45. The highest BCUT2D eigenvalue weighted by atomic mass is 35.5. The molecule has 1 aliphatic rings. The molecule has 0 aromatic heterocycles. The maximum atomic E-state index is 12.6. The molecule has 1 aliphatic heterocycles. The average Bonchev–Trinajstić information content (AvgIpc) is 2.54. The van der Waals surface area contributed by atoms with Gasteiger partial charge in [0.15, 0.2) is 5.78 Å². The summed E-state index contributed by atoms with van der Waals surface area (Å²) in [5.74, 6) is -1.35.